The highest BCUT2D eigenvalue weighted by molar-refractivity contribution is 6.30. The van der Waals surface area contributed by atoms with Crippen LogP contribution < -0.4 is 10.6 Å². The number of carboxylic acid groups (broad SMARTS) is 1. The van der Waals surface area contributed by atoms with Gasteiger partial charge in [-0.1, -0.05) is 54.1 Å². The molecule has 0 saturated carbocycles. The molecule has 0 aliphatic heterocycles. The maximum Gasteiger partial charge on any atom is 0.326 e. The van der Waals surface area contributed by atoms with E-state index in [1.807, 2.05) is 30.3 Å². The molecule has 2 rings (SSSR count). The van der Waals surface area contributed by atoms with E-state index in [1.165, 1.54) is 0 Å². The molecule has 23 heavy (non-hydrogen) atoms. The Morgan fingerprint density at radius 1 is 1.00 bits per heavy atom. The van der Waals surface area contributed by atoms with Gasteiger partial charge in [0.25, 0.3) is 0 Å². The molecule has 6 heteroatoms. The van der Waals surface area contributed by atoms with E-state index < -0.39 is 18.0 Å². The molecule has 0 heterocycles. The first-order valence-electron chi connectivity index (χ1n) is 7.10. The highest BCUT2D eigenvalue weighted by Crippen LogP contribution is 2.09. The van der Waals surface area contributed by atoms with Crippen LogP contribution in [0.5, 0.6) is 0 Å². The third-order valence-corrected chi connectivity index (χ3v) is 3.50. The van der Waals surface area contributed by atoms with Crippen LogP contribution in [-0.2, 0) is 17.8 Å². The van der Waals surface area contributed by atoms with E-state index in [4.69, 9.17) is 11.6 Å². The summed E-state index contributed by atoms with van der Waals surface area (Å²) < 4.78 is 0. The first kappa shape index (κ1) is 16.8. The van der Waals surface area contributed by atoms with E-state index in [0.29, 0.717) is 11.6 Å². The van der Waals surface area contributed by atoms with Crippen LogP contribution in [0.15, 0.2) is 54.6 Å². The van der Waals surface area contributed by atoms with Crippen LogP contribution in [0.25, 0.3) is 0 Å². The fourth-order valence-corrected chi connectivity index (χ4v) is 2.17. The van der Waals surface area contributed by atoms with Gasteiger partial charge in [0.1, 0.15) is 6.04 Å². The normalized spacial score (nSPS) is 11.5. The van der Waals surface area contributed by atoms with Gasteiger partial charge in [-0.25, -0.2) is 9.59 Å². The van der Waals surface area contributed by atoms with Gasteiger partial charge < -0.3 is 15.7 Å². The van der Waals surface area contributed by atoms with Crippen molar-refractivity contribution in [3.63, 3.8) is 0 Å². The maximum atomic E-state index is 11.9. The molecule has 120 valence electrons. The molecule has 0 aromatic heterocycles. The standard InChI is InChI=1S/C17H17ClN2O3/c18-14-8-6-13(7-9-14)11-19-17(23)20-15(16(21)22)10-12-4-2-1-3-5-12/h1-9,15H,10-11H2,(H,21,22)(H2,19,20,23). The van der Waals surface area contributed by atoms with Crippen LogP contribution >= 0.6 is 11.6 Å². The van der Waals surface area contributed by atoms with Crippen molar-refractivity contribution in [2.75, 3.05) is 0 Å². The number of carbonyl (C=O) groups excluding carboxylic acids is 1. The second-order valence-corrected chi connectivity index (χ2v) is 5.47. The van der Waals surface area contributed by atoms with Gasteiger partial charge in [0.15, 0.2) is 0 Å². The lowest BCUT2D eigenvalue weighted by Crippen LogP contribution is -2.46. The average Bonchev–Trinajstić information content (AvgIpc) is 2.54. The molecule has 2 amide bonds. The molecule has 1 atom stereocenters. The van der Waals surface area contributed by atoms with Gasteiger partial charge in [-0.05, 0) is 23.3 Å². The van der Waals surface area contributed by atoms with E-state index in [-0.39, 0.29) is 6.42 Å². The molecule has 0 aliphatic rings. The predicted molar refractivity (Wildman–Crippen MR) is 88.4 cm³/mol. The zero-order valence-electron chi connectivity index (χ0n) is 12.3. The maximum absolute atomic E-state index is 11.9. The Labute approximate surface area is 139 Å². The molecule has 0 fully saturated rings. The topological polar surface area (TPSA) is 78.4 Å². The van der Waals surface area contributed by atoms with E-state index >= 15 is 0 Å². The Hall–Kier alpha value is -2.53. The molecule has 0 spiro atoms. The summed E-state index contributed by atoms with van der Waals surface area (Å²) >= 11 is 5.79. The van der Waals surface area contributed by atoms with E-state index in [2.05, 4.69) is 10.6 Å². The van der Waals surface area contributed by atoms with Crippen LogP contribution in [0, 0.1) is 0 Å². The molecule has 3 N–H and O–H groups in total. The molecular weight excluding hydrogens is 316 g/mol. The number of urea groups is 1. The second kappa shape index (κ2) is 8.19. The lowest BCUT2D eigenvalue weighted by Gasteiger charge is -2.15. The largest absolute Gasteiger partial charge is 0.480 e. The van der Waals surface area contributed by atoms with Crippen molar-refractivity contribution in [2.24, 2.45) is 0 Å². The number of amides is 2. The van der Waals surface area contributed by atoms with Gasteiger partial charge in [0.05, 0.1) is 0 Å². The first-order chi connectivity index (χ1) is 11.0. The molecular formula is C17H17ClN2O3. The van der Waals surface area contributed by atoms with Crippen LogP contribution in [0.4, 0.5) is 4.79 Å². The molecule has 0 radical (unpaired) electrons. The number of aliphatic carboxylic acids is 1. The number of rotatable bonds is 6. The molecule has 0 aliphatic carbocycles. The van der Waals surface area contributed by atoms with E-state index in [1.54, 1.807) is 24.3 Å². The van der Waals surface area contributed by atoms with Gasteiger partial charge >= 0.3 is 12.0 Å². The molecule has 2 aromatic rings. The van der Waals surface area contributed by atoms with Crippen molar-refractivity contribution in [2.45, 2.75) is 19.0 Å². The molecule has 1 unspecified atom stereocenters. The highest BCUT2D eigenvalue weighted by Gasteiger charge is 2.20. The molecule has 5 nitrogen and oxygen atoms in total. The summed E-state index contributed by atoms with van der Waals surface area (Å²) in [5.41, 5.74) is 1.72. The first-order valence-corrected chi connectivity index (χ1v) is 7.48. The number of nitrogens with one attached hydrogen (secondary N) is 2. The molecule has 0 bridgehead atoms. The second-order valence-electron chi connectivity index (χ2n) is 5.03. The summed E-state index contributed by atoms with van der Waals surface area (Å²) in [6.07, 6.45) is 0.227. The van der Waals surface area contributed by atoms with Crippen molar-refractivity contribution >= 4 is 23.6 Å². The Kier molecular flexibility index (Phi) is 6.00. The minimum absolute atomic E-state index is 0.227. The lowest BCUT2D eigenvalue weighted by atomic mass is 10.1. The van der Waals surface area contributed by atoms with Gasteiger partial charge in [-0.15, -0.1) is 0 Å². The number of hydrogen-bond donors (Lipinski definition) is 3. The number of halogens is 1. The zero-order valence-corrected chi connectivity index (χ0v) is 13.1. The summed E-state index contributed by atoms with van der Waals surface area (Å²) in [5.74, 6) is -1.07. The van der Waals surface area contributed by atoms with Crippen molar-refractivity contribution in [1.29, 1.82) is 0 Å². The van der Waals surface area contributed by atoms with Crippen LogP contribution in [0.2, 0.25) is 5.02 Å². The highest BCUT2D eigenvalue weighted by atomic mass is 35.5. The Balaban J connectivity index is 1.88. The summed E-state index contributed by atoms with van der Waals surface area (Å²) in [6.45, 7) is 0.292. The smallest absolute Gasteiger partial charge is 0.326 e. The number of benzene rings is 2. The Morgan fingerprint density at radius 3 is 2.26 bits per heavy atom. The van der Waals surface area contributed by atoms with Crippen LogP contribution in [0.3, 0.4) is 0 Å². The summed E-state index contributed by atoms with van der Waals surface area (Å²) in [6, 6.07) is 14.7. The van der Waals surface area contributed by atoms with Gasteiger partial charge in [-0.3, -0.25) is 0 Å². The van der Waals surface area contributed by atoms with Gasteiger partial charge in [0, 0.05) is 18.0 Å². The van der Waals surface area contributed by atoms with Crippen LogP contribution in [0.1, 0.15) is 11.1 Å². The summed E-state index contributed by atoms with van der Waals surface area (Å²) in [5, 5.41) is 15.0. The average molecular weight is 333 g/mol. The number of carboxylic acids is 1. The summed E-state index contributed by atoms with van der Waals surface area (Å²) in [7, 11) is 0. The SMILES string of the molecule is O=C(NCc1ccc(Cl)cc1)NC(Cc1ccccc1)C(=O)O. The summed E-state index contributed by atoms with van der Waals surface area (Å²) in [4.78, 5) is 23.2. The lowest BCUT2D eigenvalue weighted by molar-refractivity contribution is -0.139. The van der Waals surface area contributed by atoms with Gasteiger partial charge in [-0.2, -0.15) is 0 Å². The number of hydrogen-bond acceptors (Lipinski definition) is 2. The fourth-order valence-electron chi connectivity index (χ4n) is 2.04. The zero-order chi connectivity index (χ0) is 16.7. The minimum atomic E-state index is -1.07. The van der Waals surface area contributed by atoms with Crippen molar-refractivity contribution < 1.29 is 14.7 Å². The van der Waals surface area contributed by atoms with Crippen molar-refractivity contribution in [1.82, 2.24) is 10.6 Å². The Bertz CT molecular complexity index is 659. The van der Waals surface area contributed by atoms with Crippen molar-refractivity contribution in [3.05, 3.63) is 70.7 Å². The monoisotopic (exact) mass is 332 g/mol. The quantitative estimate of drug-likeness (QED) is 0.761. The van der Waals surface area contributed by atoms with Crippen LogP contribution in [-0.4, -0.2) is 23.1 Å². The third-order valence-electron chi connectivity index (χ3n) is 3.25. The fraction of sp³-hybridized carbons (Fsp3) is 0.176. The van der Waals surface area contributed by atoms with Crippen molar-refractivity contribution in [3.8, 4) is 0 Å². The predicted octanol–water partition coefficient (Wildman–Crippen LogP) is 2.84. The van der Waals surface area contributed by atoms with E-state index in [0.717, 1.165) is 11.1 Å². The minimum Gasteiger partial charge on any atom is -0.480 e. The van der Waals surface area contributed by atoms with E-state index in [9.17, 15) is 14.7 Å². The molecule has 2 aromatic carbocycles. The molecule has 0 saturated heterocycles. The third kappa shape index (κ3) is 5.64. The van der Waals surface area contributed by atoms with Gasteiger partial charge in [0.2, 0.25) is 0 Å². The Morgan fingerprint density at radius 2 is 1.65 bits per heavy atom. The number of carbonyl (C=O) groups is 2.